The van der Waals surface area contributed by atoms with Gasteiger partial charge >= 0.3 is 5.97 Å². The molecule has 0 spiro atoms. The molecule has 1 aromatic rings. The molecule has 1 saturated carbocycles. The third-order valence-corrected chi connectivity index (χ3v) is 7.19. The molecular formula is C16H23N3O6S. The largest absolute Gasteiger partial charge is 0.480 e. The molecule has 26 heavy (non-hydrogen) atoms. The SMILES string of the molecule is Cc1noc(C)c1S(=O)(=O)N1CCC(C(=O)NC(C(=O)O)C2CC2)CC1. The van der Waals surface area contributed by atoms with Crippen molar-refractivity contribution in [2.45, 2.75) is 50.5 Å². The highest BCUT2D eigenvalue weighted by Crippen LogP contribution is 2.33. The average Bonchev–Trinajstić information content (AvgIpc) is 3.36. The fourth-order valence-corrected chi connectivity index (χ4v) is 5.17. The highest BCUT2D eigenvalue weighted by molar-refractivity contribution is 7.89. The Kier molecular flexibility index (Phi) is 5.07. The maximum Gasteiger partial charge on any atom is 0.326 e. The molecule has 0 aromatic carbocycles. The lowest BCUT2D eigenvalue weighted by molar-refractivity contribution is -0.143. The van der Waals surface area contributed by atoms with Crippen LogP contribution in [0.3, 0.4) is 0 Å². The molecule has 0 radical (unpaired) electrons. The molecule has 3 rings (SSSR count). The Morgan fingerprint density at radius 1 is 1.23 bits per heavy atom. The van der Waals surface area contributed by atoms with E-state index in [1.165, 1.54) is 4.31 Å². The predicted molar refractivity (Wildman–Crippen MR) is 89.8 cm³/mol. The van der Waals surface area contributed by atoms with Crippen LogP contribution in [-0.2, 0) is 19.6 Å². The molecule has 9 nitrogen and oxygen atoms in total. The number of hydrogen-bond donors (Lipinski definition) is 2. The Morgan fingerprint density at radius 2 is 1.85 bits per heavy atom. The number of aryl methyl sites for hydroxylation is 2. The minimum atomic E-state index is -3.72. The highest BCUT2D eigenvalue weighted by Gasteiger charge is 2.40. The van der Waals surface area contributed by atoms with Crippen molar-refractivity contribution in [3.05, 3.63) is 11.5 Å². The van der Waals surface area contributed by atoms with Crippen molar-refractivity contribution in [2.75, 3.05) is 13.1 Å². The van der Waals surface area contributed by atoms with Gasteiger partial charge in [-0.1, -0.05) is 5.16 Å². The number of nitrogens with one attached hydrogen (secondary N) is 1. The van der Waals surface area contributed by atoms with Gasteiger partial charge in [0.15, 0.2) is 5.76 Å². The topological polar surface area (TPSA) is 130 Å². The van der Waals surface area contributed by atoms with Gasteiger partial charge in [0.2, 0.25) is 15.9 Å². The number of rotatable bonds is 6. The fourth-order valence-electron chi connectivity index (χ4n) is 3.41. The van der Waals surface area contributed by atoms with Gasteiger partial charge in [-0.25, -0.2) is 13.2 Å². The zero-order valence-electron chi connectivity index (χ0n) is 14.8. The lowest BCUT2D eigenvalue weighted by atomic mass is 9.96. The third kappa shape index (κ3) is 3.61. The number of carbonyl (C=O) groups is 2. The molecule has 0 bridgehead atoms. The summed E-state index contributed by atoms with van der Waals surface area (Å²) in [5.41, 5.74) is 0.316. The number of carboxylic acids is 1. The Labute approximate surface area is 151 Å². The number of nitrogens with zero attached hydrogens (tertiary/aromatic N) is 2. The average molecular weight is 385 g/mol. The molecule has 10 heteroatoms. The molecule has 1 aromatic heterocycles. The second-order valence-electron chi connectivity index (χ2n) is 6.99. The Hall–Kier alpha value is -1.94. The minimum Gasteiger partial charge on any atom is -0.480 e. The molecule has 1 aliphatic heterocycles. The normalized spacial score (nSPS) is 20.7. The van der Waals surface area contributed by atoms with Crippen molar-refractivity contribution in [2.24, 2.45) is 11.8 Å². The van der Waals surface area contributed by atoms with E-state index in [1.54, 1.807) is 13.8 Å². The predicted octanol–water partition coefficient (Wildman–Crippen LogP) is 0.672. The molecule has 1 amide bonds. The van der Waals surface area contributed by atoms with Crippen LogP contribution in [-0.4, -0.2) is 54.0 Å². The lowest BCUT2D eigenvalue weighted by Crippen LogP contribution is -2.48. The minimum absolute atomic E-state index is 0.0106. The molecule has 1 saturated heterocycles. The zero-order valence-corrected chi connectivity index (χ0v) is 15.6. The number of piperidine rings is 1. The van der Waals surface area contributed by atoms with Crippen molar-refractivity contribution in [1.29, 1.82) is 0 Å². The summed E-state index contributed by atoms with van der Waals surface area (Å²) >= 11 is 0. The second kappa shape index (κ2) is 6.99. The van der Waals surface area contributed by atoms with Gasteiger partial charge in [0, 0.05) is 19.0 Å². The second-order valence-corrected chi connectivity index (χ2v) is 8.87. The van der Waals surface area contributed by atoms with E-state index in [0.29, 0.717) is 18.5 Å². The van der Waals surface area contributed by atoms with Gasteiger partial charge in [-0.3, -0.25) is 4.79 Å². The van der Waals surface area contributed by atoms with E-state index in [4.69, 9.17) is 4.52 Å². The monoisotopic (exact) mass is 385 g/mol. The smallest absolute Gasteiger partial charge is 0.326 e. The van der Waals surface area contributed by atoms with E-state index < -0.39 is 22.0 Å². The van der Waals surface area contributed by atoms with Crippen LogP contribution in [0.1, 0.15) is 37.1 Å². The summed E-state index contributed by atoms with van der Waals surface area (Å²) in [5, 5.41) is 15.5. The third-order valence-electron chi connectivity index (χ3n) is 5.05. The van der Waals surface area contributed by atoms with Crippen molar-refractivity contribution in [3.63, 3.8) is 0 Å². The molecular weight excluding hydrogens is 362 g/mol. The van der Waals surface area contributed by atoms with Crippen LogP contribution in [0.5, 0.6) is 0 Å². The first-order valence-corrected chi connectivity index (χ1v) is 10.1. The van der Waals surface area contributed by atoms with Crippen LogP contribution in [0.15, 0.2) is 9.42 Å². The van der Waals surface area contributed by atoms with Crippen LogP contribution in [0.2, 0.25) is 0 Å². The highest BCUT2D eigenvalue weighted by atomic mass is 32.2. The number of sulfonamides is 1. The van der Waals surface area contributed by atoms with Gasteiger partial charge in [-0.15, -0.1) is 0 Å². The number of aliphatic carboxylic acids is 1. The van der Waals surface area contributed by atoms with Crippen molar-refractivity contribution in [1.82, 2.24) is 14.8 Å². The van der Waals surface area contributed by atoms with Crippen LogP contribution in [0.25, 0.3) is 0 Å². The van der Waals surface area contributed by atoms with Gasteiger partial charge in [-0.2, -0.15) is 4.31 Å². The summed E-state index contributed by atoms with van der Waals surface area (Å²) in [6.07, 6.45) is 2.33. The summed E-state index contributed by atoms with van der Waals surface area (Å²) in [4.78, 5) is 23.7. The first-order valence-electron chi connectivity index (χ1n) is 8.68. The van der Waals surface area contributed by atoms with Gasteiger partial charge in [0.1, 0.15) is 16.6 Å². The zero-order chi connectivity index (χ0) is 19.1. The number of amides is 1. The number of carboxylic acid groups (broad SMARTS) is 1. The molecule has 2 fully saturated rings. The molecule has 1 unspecified atom stereocenters. The van der Waals surface area contributed by atoms with E-state index in [9.17, 15) is 23.1 Å². The summed E-state index contributed by atoms with van der Waals surface area (Å²) in [5.74, 6) is -1.45. The first-order chi connectivity index (χ1) is 12.2. The Balaban J connectivity index is 1.62. The Bertz CT molecular complexity index is 786. The van der Waals surface area contributed by atoms with E-state index in [1.807, 2.05) is 0 Å². The number of hydrogen-bond acceptors (Lipinski definition) is 6. The quantitative estimate of drug-likeness (QED) is 0.736. The lowest BCUT2D eigenvalue weighted by Gasteiger charge is -2.31. The van der Waals surface area contributed by atoms with E-state index in [0.717, 1.165) is 12.8 Å². The van der Waals surface area contributed by atoms with Crippen LogP contribution >= 0.6 is 0 Å². The molecule has 2 aliphatic rings. The van der Waals surface area contributed by atoms with E-state index in [2.05, 4.69) is 10.5 Å². The van der Waals surface area contributed by atoms with Gasteiger partial charge < -0.3 is 14.9 Å². The maximum atomic E-state index is 12.8. The standard InChI is InChI=1S/C16H23N3O6S/c1-9-14(10(2)25-18-9)26(23,24)19-7-5-12(6-8-19)15(20)17-13(16(21)22)11-3-4-11/h11-13H,3-8H2,1-2H3,(H,17,20)(H,21,22). The van der Waals surface area contributed by atoms with Crippen molar-refractivity contribution < 1.29 is 27.6 Å². The Morgan fingerprint density at radius 3 is 2.31 bits per heavy atom. The number of aromatic nitrogens is 1. The number of carbonyl (C=O) groups excluding carboxylic acids is 1. The summed E-state index contributed by atoms with van der Waals surface area (Å²) < 4.78 is 31.8. The van der Waals surface area contributed by atoms with Crippen LogP contribution in [0.4, 0.5) is 0 Å². The fraction of sp³-hybridized carbons (Fsp3) is 0.688. The molecule has 144 valence electrons. The maximum absolute atomic E-state index is 12.8. The first kappa shape index (κ1) is 18.8. The van der Waals surface area contributed by atoms with Gasteiger partial charge in [-0.05, 0) is 45.4 Å². The molecule has 1 aliphatic carbocycles. The van der Waals surface area contributed by atoms with Crippen molar-refractivity contribution in [3.8, 4) is 0 Å². The summed E-state index contributed by atoms with van der Waals surface area (Å²) in [7, 11) is -3.72. The van der Waals surface area contributed by atoms with Gasteiger partial charge in [0.05, 0.1) is 0 Å². The van der Waals surface area contributed by atoms with Crippen LogP contribution < -0.4 is 5.32 Å². The summed E-state index contributed by atoms with van der Waals surface area (Å²) in [6.45, 7) is 3.53. The molecule has 2 N–H and O–H groups in total. The van der Waals surface area contributed by atoms with E-state index in [-0.39, 0.29) is 41.5 Å². The van der Waals surface area contributed by atoms with E-state index >= 15 is 0 Å². The summed E-state index contributed by atoms with van der Waals surface area (Å²) in [6, 6.07) is -0.841. The molecule has 2 heterocycles. The van der Waals surface area contributed by atoms with Crippen molar-refractivity contribution >= 4 is 21.9 Å². The van der Waals surface area contributed by atoms with Gasteiger partial charge in [0.25, 0.3) is 0 Å². The molecule has 1 atom stereocenters. The van der Waals surface area contributed by atoms with Crippen LogP contribution in [0, 0.1) is 25.7 Å².